The van der Waals surface area contributed by atoms with Gasteiger partial charge in [0.1, 0.15) is 0 Å². The molecule has 3 fully saturated rings. The van der Waals surface area contributed by atoms with Crippen molar-refractivity contribution in [2.75, 3.05) is 0 Å². The largest absolute Gasteiger partial charge is 0.393 e. The molecule has 5 atom stereocenters. The maximum Gasteiger partial charge on any atom is 0.0708 e. The first kappa shape index (κ1) is 12.0. The quantitative estimate of drug-likeness (QED) is 0.681. The van der Waals surface area contributed by atoms with Crippen molar-refractivity contribution in [1.82, 2.24) is 0 Å². The molecule has 0 heterocycles. The highest BCUT2D eigenvalue weighted by atomic mass is 16.3. The van der Waals surface area contributed by atoms with Gasteiger partial charge in [-0.25, -0.2) is 0 Å². The van der Waals surface area contributed by atoms with Crippen molar-refractivity contribution in [3.05, 3.63) is 0 Å². The van der Waals surface area contributed by atoms with E-state index >= 15 is 0 Å². The third-order valence-electron chi connectivity index (χ3n) is 6.04. The summed E-state index contributed by atoms with van der Waals surface area (Å²) in [6.45, 7) is 6.94. The van der Waals surface area contributed by atoms with Crippen molar-refractivity contribution in [1.29, 1.82) is 0 Å². The Kier molecular flexibility index (Phi) is 2.30. The predicted octanol–water partition coefficient (Wildman–Crippen LogP) is 2.72. The van der Waals surface area contributed by atoms with Gasteiger partial charge in [0.15, 0.2) is 0 Å². The Balaban J connectivity index is 1.93. The average molecular weight is 238 g/mol. The summed E-state index contributed by atoms with van der Waals surface area (Å²) in [6, 6.07) is 0. The van der Waals surface area contributed by atoms with Crippen molar-refractivity contribution in [2.24, 2.45) is 22.7 Å². The number of aliphatic hydroxyl groups is 2. The first-order chi connectivity index (χ1) is 7.74. The zero-order valence-electron chi connectivity index (χ0n) is 11.4. The van der Waals surface area contributed by atoms with Crippen molar-refractivity contribution in [2.45, 2.75) is 71.0 Å². The van der Waals surface area contributed by atoms with Crippen LogP contribution in [0.4, 0.5) is 0 Å². The Labute approximate surface area is 104 Å². The minimum atomic E-state index is -0.580. The van der Waals surface area contributed by atoms with E-state index in [-0.39, 0.29) is 11.5 Å². The van der Waals surface area contributed by atoms with Gasteiger partial charge in [0.2, 0.25) is 0 Å². The Morgan fingerprint density at radius 1 is 1.00 bits per heavy atom. The van der Waals surface area contributed by atoms with Crippen LogP contribution in [0.1, 0.15) is 59.3 Å². The predicted molar refractivity (Wildman–Crippen MR) is 67.5 cm³/mol. The Bertz CT molecular complexity index is 338. The monoisotopic (exact) mass is 238 g/mol. The van der Waals surface area contributed by atoms with Gasteiger partial charge in [0.25, 0.3) is 0 Å². The molecule has 0 aromatic rings. The molecule has 0 aromatic carbocycles. The van der Waals surface area contributed by atoms with E-state index in [1.807, 2.05) is 0 Å². The van der Waals surface area contributed by atoms with Crippen molar-refractivity contribution < 1.29 is 10.2 Å². The number of hydrogen-bond acceptors (Lipinski definition) is 2. The topological polar surface area (TPSA) is 40.5 Å². The summed E-state index contributed by atoms with van der Waals surface area (Å²) >= 11 is 0. The molecule has 2 nitrogen and oxygen atoms in total. The lowest BCUT2D eigenvalue weighted by atomic mass is 9.49. The van der Waals surface area contributed by atoms with Crippen molar-refractivity contribution >= 4 is 0 Å². The fraction of sp³-hybridized carbons (Fsp3) is 1.00. The molecule has 17 heavy (non-hydrogen) atoms. The maximum absolute atomic E-state index is 11.0. The lowest BCUT2D eigenvalue weighted by Gasteiger charge is -2.58. The minimum absolute atomic E-state index is 0.167. The molecule has 2 N–H and O–H groups in total. The molecule has 2 heteroatoms. The highest BCUT2D eigenvalue weighted by Crippen LogP contribution is 2.64. The van der Waals surface area contributed by atoms with Crippen molar-refractivity contribution in [3.63, 3.8) is 0 Å². The van der Waals surface area contributed by atoms with Crippen molar-refractivity contribution in [3.8, 4) is 0 Å². The summed E-state index contributed by atoms with van der Waals surface area (Å²) in [5.41, 5.74) is -0.0118. The van der Waals surface area contributed by atoms with Gasteiger partial charge in [0.05, 0.1) is 11.7 Å². The van der Waals surface area contributed by atoms with Crippen LogP contribution in [0.5, 0.6) is 0 Å². The molecule has 3 rings (SSSR count). The third-order valence-corrected chi connectivity index (χ3v) is 6.04. The Hall–Kier alpha value is -0.0800. The van der Waals surface area contributed by atoms with E-state index in [0.717, 1.165) is 19.3 Å². The zero-order chi connectivity index (χ0) is 12.5. The van der Waals surface area contributed by atoms with E-state index in [0.29, 0.717) is 23.7 Å². The standard InChI is InChI=1S/C15H26O2/c1-13(2)8-12-11(13)4-5-14(3)6-10(16)7-15(12,17)9-14/h10-12,16-17H,4-9H2,1-3H3/t10-,11-,12+,14-,15-/m0/s1. The molecule has 0 aromatic heterocycles. The second-order valence-electron chi connectivity index (χ2n) is 8.10. The molecule has 0 unspecified atom stereocenters. The van der Waals surface area contributed by atoms with Gasteiger partial charge in [-0.15, -0.1) is 0 Å². The van der Waals surface area contributed by atoms with Gasteiger partial charge in [-0.1, -0.05) is 20.8 Å². The lowest BCUT2D eigenvalue weighted by Crippen LogP contribution is -2.57. The fourth-order valence-electron chi connectivity index (χ4n) is 5.31. The summed E-state index contributed by atoms with van der Waals surface area (Å²) in [6.07, 6.45) is 5.67. The molecule has 0 saturated heterocycles. The van der Waals surface area contributed by atoms with E-state index in [1.165, 1.54) is 12.8 Å². The van der Waals surface area contributed by atoms with Crippen LogP contribution in [0.3, 0.4) is 0 Å². The number of rotatable bonds is 0. The van der Waals surface area contributed by atoms with Crippen LogP contribution in [-0.2, 0) is 0 Å². The molecule has 3 aliphatic carbocycles. The summed E-state index contributed by atoms with van der Waals surface area (Å²) in [4.78, 5) is 0. The highest BCUT2D eigenvalue weighted by Gasteiger charge is 2.61. The van der Waals surface area contributed by atoms with Crippen LogP contribution in [0.25, 0.3) is 0 Å². The average Bonchev–Trinajstić information content (AvgIpc) is 2.17. The van der Waals surface area contributed by atoms with Gasteiger partial charge in [-0.3, -0.25) is 0 Å². The lowest BCUT2D eigenvalue weighted by molar-refractivity contribution is -0.178. The minimum Gasteiger partial charge on any atom is -0.393 e. The molecule has 2 bridgehead atoms. The second kappa shape index (κ2) is 3.27. The normalized spacial score (nSPS) is 56.6. The summed E-state index contributed by atoms with van der Waals surface area (Å²) in [5, 5.41) is 21.0. The molecule has 0 aliphatic heterocycles. The van der Waals surface area contributed by atoms with Crippen LogP contribution >= 0.6 is 0 Å². The molecule has 3 saturated carbocycles. The first-order valence-corrected chi connectivity index (χ1v) is 7.15. The maximum atomic E-state index is 11.0. The van der Waals surface area contributed by atoms with Crippen LogP contribution in [-0.4, -0.2) is 21.9 Å². The van der Waals surface area contributed by atoms with Gasteiger partial charge >= 0.3 is 0 Å². The van der Waals surface area contributed by atoms with Gasteiger partial charge in [-0.2, -0.15) is 0 Å². The molecule has 0 radical (unpaired) electrons. The van der Waals surface area contributed by atoms with Crippen LogP contribution < -0.4 is 0 Å². The number of hydrogen-bond donors (Lipinski definition) is 2. The first-order valence-electron chi connectivity index (χ1n) is 7.15. The Morgan fingerprint density at radius 2 is 1.71 bits per heavy atom. The fourth-order valence-corrected chi connectivity index (χ4v) is 5.31. The van der Waals surface area contributed by atoms with Crippen LogP contribution in [0.2, 0.25) is 0 Å². The van der Waals surface area contributed by atoms with Crippen LogP contribution in [0, 0.1) is 22.7 Å². The van der Waals surface area contributed by atoms with E-state index in [9.17, 15) is 10.2 Å². The summed E-state index contributed by atoms with van der Waals surface area (Å²) in [7, 11) is 0. The SMILES string of the molecule is CC1(C)C[C@@H]2[C@@H]1CC[C@@]1(C)C[C@H](O)C[C@]2(O)C1. The van der Waals surface area contributed by atoms with E-state index in [2.05, 4.69) is 20.8 Å². The van der Waals surface area contributed by atoms with Gasteiger partial charge in [-0.05, 0) is 54.8 Å². The zero-order valence-corrected chi connectivity index (χ0v) is 11.4. The van der Waals surface area contributed by atoms with Gasteiger partial charge in [0, 0.05) is 6.42 Å². The molecular formula is C15H26O2. The van der Waals surface area contributed by atoms with Gasteiger partial charge < -0.3 is 10.2 Å². The summed E-state index contributed by atoms with van der Waals surface area (Å²) in [5.74, 6) is 1.11. The molecule has 0 spiro atoms. The van der Waals surface area contributed by atoms with Crippen LogP contribution in [0.15, 0.2) is 0 Å². The highest BCUT2D eigenvalue weighted by molar-refractivity contribution is 5.11. The summed E-state index contributed by atoms with van der Waals surface area (Å²) < 4.78 is 0. The molecule has 0 amide bonds. The smallest absolute Gasteiger partial charge is 0.0708 e. The Morgan fingerprint density at radius 3 is 2.35 bits per heavy atom. The molecule has 98 valence electrons. The number of fused-ring (bicyclic) bond motifs is 4. The number of aliphatic hydroxyl groups excluding tert-OH is 1. The van der Waals surface area contributed by atoms with E-state index in [4.69, 9.17) is 0 Å². The van der Waals surface area contributed by atoms with E-state index < -0.39 is 5.60 Å². The second-order valence-corrected chi connectivity index (χ2v) is 8.10. The molecule has 3 aliphatic rings. The molecular weight excluding hydrogens is 212 g/mol. The third kappa shape index (κ3) is 1.67. The van der Waals surface area contributed by atoms with E-state index in [1.54, 1.807) is 0 Å².